The van der Waals surface area contributed by atoms with Crippen LogP contribution in [0.2, 0.25) is 0 Å². The second-order valence-corrected chi connectivity index (χ2v) is 1.14. The minimum Gasteiger partial charge on any atom is -0.578 e. The Morgan fingerprint density at radius 2 is 1.25 bits per heavy atom. The lowest BCUT2D eigenvalue weighted by Gasteiger charge is -2.25. The third-order valence-electron chi connectivity index (χ3n) is 0.614. The van der Waals surface area contributed by atoms with Crippen LogP contribution in [0.3, 0.4) is 0 Å². The van der Waals surface area contributed by atoms with E-state index in [0.29, 0.717) is 0 Å². The van der Waals surface area contributed by atoms with E-state index >= 15 is 0 Å². The molecule has 0 saturated heterocycles. The van der Waals surface area contributed by atoms with E-state index in [-0.39, 0.29) is 0 Å². The molecular formula is C4H8N2O2. The Morgan fingerprint density at radius 3 is 1.38 bits per heavy atom. The summed E-state index contributed by atoms with van der Waals surface area (Å²) in [6.45, 7) is 6.22. The minimum absolute atomic E-state index is 0.611. The molecule has 4 nitrogen and oxygen atoms in total. The van der Waals surface area contributed by atoms with Gasteiger partial charge in [-0.2, -0.15) is 10.3 Å². The maximum absolute atomic E-state index is 10.2. The molecule has 46 valence electrons. The number of hydrogen-bond donors (Lipinski definition) is 2. The van der Waals surface area contributed by atoms with Crippen molar-refractivity contribution in [3.63, 3.8) is 0 Å². The number of quaternary nitrogens is 2. The van der Waals surface area contributed by atoms with Gasteiger partial charge in [-0.05, 0) is 13.2 Å². The minimum atomic E-state index is -0.611. The van der Waals surface area contributed by atoms with Crippen LogP contribution < -0.4 is 10.3 Å². The summed E-state index contributed by atoms with van der Waals surface area (Å²) in [5.74, 6) is 0. The van der Waals surface area contributed by atoms with Crippen molar-refractivity contribution in [2.24, 2.45) is 0 Å². The molecule has 0 aromatic rings. The lowest BCUT2D eigenvalue weighted by molar-refractivity contribution is -1.42. The zero-order chi connectivity index (χ0) is 6.57. The second-order valence-electron chi connectivity index (χ2n) is 1.14. The quantitative estimate of drug-likeness (QED) is 0.417. The molecular weight excluding hydrogens is 108 g/mol. The molecule has 0 spiro atoms. The van der Waals surface area contributed by atoms with Gasteiger partial charge in [-0.25, -0.2) is 0 Å². The molecule has 0 aromatic carbocycles. The zero-order valence-electron chi connectivity index (χ0n) is 4.39. The molecule has 8 heavy (non-hydrogen) atoms. The lowest BCUT2D eigenvalue weighted by atomic mass is 11.0. The molecule has 0 aromatic heterocycles. The topological polar surface area (TPSA) is 55.0 Å². The summed E-state index contributed by atoms with van der Waals surface area (Å²) >= 11 is 0. The molecule has 0 rings (SSSR count). The maximum Gasteiger partial charge on any atom is 0.136 e. The summed E-state index contributed by atoms with van der Waals surface area (Å²) in [7, 11) is 0. The van der Waals surface area contributed by atoms with Gasteiger partial charge in [-0.15, -0.1) is 0 Å². The van der Waals surface area contributed by atoms with Gasteiger partial charge in [0.05, 0.1) is 0 Å². The normalized spacial score (nSPS) is 16.8. The molecule has 0 amide bonds. The van der Waals surface area contributed by atoms with Crippen LogP contribution in [0.15, 0.2) is 25.6 Å². The van der Waals surface area contributed by atoms with E-state index in [9.17, 15) is 10.4 Å². The fourth-order valence-corrected chi connectivity index (χ4v) is 0.201. The molecule has 0 aliphatic heterocycles. The van der Waals surface area contributed by atoms with Crippen LogP contribution in [-0.4, -0.2) is 0 Å². The predicted octanol–water partition coefficient (Wildman–Crippen LogP) is -2.05. The van der Waals surface area contributed by atoms with E-state index in [4.69, 9.17) is 0 Å². The van der Waals surface area contributed by atoms with E-state index in [2.05, 4.69) is 13.2 Å². The summed E-state index contributed by atoms with van der Waals surface area (Å²) < 4.78 is 0. The van der Waals surface area contributed by atoms with Crippen molar-refractivity contribution in [2.75, 3.05) is 0 Å². The molecule has 0 aliphatic carbocycles. The highest BCUT2D eigenvalue weighted by Crippen LogP contribution is 1.29. The molecule has 2 unspecified atom stereocenters. The lowest BCUT2D eigenvalue weighted by Crippen LogP contribution is -3.51. The van der Waals surface area contributed by atoms with Crippen LogP contribution in [0.5, 0.6) is 0 Å². The Labute approximate surface area is 47.4 Å². The Morgan fingerprint density at radius 1 is 1.00 bits per heavy atom. The number of nitrogens with one attached hydrogen (secondary N) is 2. The smallest absolute Gasteiger partial charge is 0.136 e. The summed E-state index contributed by atoms with van der Waals surface area (Å²) in [4.78, 5) is 0. The summed E-state index contributed by atoms with van der Waals surface area (Å²) in [6.07, 6.45) is 1.92. The van der Waals surface area contributed by atoms with Gasteiger partial charge in [-0.3, -0.25) is 0 Å². The monoisotopic (exact) mass is 116 g/mol. The molecule has 0 saturated carbocycles. The summed E-state index contributed by atoms with van der Waals surface area (Å²) in [6, 6.07) is 0. The van der Waals surface area contributed by atoms with Crippen molar-refractivity contribution in [1.82, 2.24) is 0 Å². The van der Waals surface area contributed by atoms with Crippen molar-refractivity contribution in [1.29, 1.82) is 0 Å². The average Bonchev–Trinajstić information content (AvgIpc) is 1.84. The van der Waals surface area contributed by atoms with E-state index in [1.54, 1.807) is 0 Å². The largest absolute Gasteiger partial charge is 0.578 e. The van der Waals surface area contributed by atoms with Gasteiger partial charge >= 0.3 is 0 Å². The second kappa shape index (κ2) is 3.34. The fourth-order valence-electron chi connectivity index (χ4n) is 0.201. The van der Waals surface area contributed by atoms with Crippen LogP contribution in [0.4, 0.5) is 0 Å². The van der Waals surface area contributed by atoms with Gasteiger partial charge in [0.2, 0.25) is 0 Å². The maximum atomic E-state index is 10.2. The first-order valence-electron chi connectivity index (χ1n) is 2.05. The van der Waals surface area contributed by atoms with Crippen LogP contribution in [0.1, 0.15) is 0 Å². The van der Waals surface area contributed by atoms with Crippen LogP contribution in [0.25, 0.3) is 0 Å². The van der Waals surface area contributed by atoms with Crippen LogP contribution in [0, 0.1) is 10.4 Å². The highest BCUT2D eigenvalue weighted by atomic mass is 16.7. The standard InChI is InChI=1S/C4H8N2O2/c1-3-5(7)6(8)4-2/h3-6H,1-2H2. The van der Waals surface area contributed by atoms with Gasteiger partial charge in [-0.1, -0.05) is 0 Å². The number of hydrogen-bond acceptors (Lipinski definition) is 2. The molecule has 4 heteroatoms. The van der Waals surface area contributed by atoms with Gasteiger partial charge in [0.15, 0.2) is 0 Å². The zero-order valence-corrected chi connectivity index (χ0v) is 4.39. The van der Waals surface area contributed by atoms with Crippen LogP contribution >= 0.6 is 0 Å². The van der Waals surface area contributed by atoms with Crippen molar-refractivity contribution in [3.8, 4) is 0 Å². The molecule has 0 bridgehead atoms. The summed E-state index contributed by atoms with van der Waals surface area (Å²) in [5, 5.41) is 19.2. The highest BCUT2D eigenvalue weighted by molar-refractivity contribution is 4.45. The summed E-state index contributed by atoms with van der Waals surface area (Å²) in [5.41, 5.74) is 0. The Bertz CT molecular complexity index is 82.0. The van der Waals surface area contributed by atoms with Crippen molar-refractivity contribution < 1.29 is 10.3 Å². The highest BCUT2D eigenvalue weighted by Gasteiger charge is 1.89. The Balaban J connectivity index is 3.60. The molecule has 0 heterocycles. The van der Waals surface area contributed by atoms with E-state index in [1.165, 1.54) is 0 Å². The van der Waals surface area contributed by atoms with E-state index in [1.807, 2.05) is 0 Å². The third kappa shape index (κ3) is 1.85. The number of hydroxylamine groups is 2. The van der Waals surface area contributed by atoms with Gasteiger partial charge < -0.3 is 10.4 Å². The van der Waals surface area contributed by atoms with Crippen LogP contribution in [-0.2, 0) is 0 Å². The third-order valence-corrected chi connectivity index (χ3v) is 0.614. The van der Waals surface area contributed by atoms with Crippen molar-refractivity contribution >= 4 is 0 Å². The Kier molecular flexibility index (Phi) is 3.05. The number of rotatable bonds is 3. The molecule has 0 radical (unpaired) electrons. The fraction of sp³-hybridized carbons (Fsp3) is 0. The predicted molar refractivity (Wildman–Crippen MR) is 29.1 cm³/mol. The first-order valence-corrected chi connectivity index (χ1v) is 2.05. The molecule has 2 N–H and O–H groups in total. The molecule has 2 atom stereocenters. The van der Waals surface area contributed by atoms with Gasteiger partial charge in [0, 0.05) is 0 Å². The van der Waals surface area contributed by atoms with Crippen molar-refractivity contribution in [2.45, 2.75) is 0 Å². The molecule has 0 fully saturated rings. The van der Waals surface area contributed by atoms with E-state index < -0.39 is 10.3 Å². The molecule has 0 aliphatic rings. The van der Waals surface area contributed by atoms with E-state index in [0.717, 1.165) is 12.4 Å². The van der Waals surface area contributed by atoms with Gasteiger partial charge in [0.1, 0.15) is 12.4 Å². The Hall–Kier alpha value is -0.680. The average molecular weight is 116 g/mol. The van der Waals surface area contributed by atoms with Crippen molar-refractivity contribution in [3.05, 3.63) is 36.0 Å². The SMILES string of the molecule is C=C[NH+]([O-])[NH+]([O-])C=C. The first kappa shape index (κ1) is 7.32. The first-order chi connectivity index (χ1) is 3.72. The van der Waals surface area contributed by atoms with Gasteiger partial charge in [0.25, 0.3) is 0 Å².